The van der Waals surface area contributed by atoms with Gasteiger partial charge in [-0.15, -0.1) is 0 Å². The van der Waals surface area contributed by atoms with Gasteiger partial charge in [0.05, 0.1) is 5.69 Å². The summed E-state index contributed by atoms with van der Waals surface area (Å²) in [4.78, 5) is 7.92. The molecule has 0 aliphatic rings. The Kier molecular flexibility index (Phi) is 3.07. The van der Waals surface area contributed by atoms with Crippen LogP contribution in [0.5, 0.6) is 0 Å². The summed E-state index contributed by atoms with van der Waals surface area (Å²) in [6.07, 6.45) is 7.00. The topological polar surface area (TPSA) is 37.8 Å². The highest BCUT2D eigenvalue weighted by molar-refractivity contribution is 5.52. The van der Waals surface area contributed by atoms with Crippen molar-refractivity contribution >= 4 is 11.8 Å². The maximum Gasteiger partial charge on any atom is 0.115 e. The third kappa shape index (κ3) is 2.91. The Morgan fingerprint density at radius 3 is 2.67 bits per heavy atom. The Balaban J connectivity index is 1.97. The smallest absolute Gasteiger partial charge is 0.115 e. The van der Waals surface area contributed by atoms with Gasteiger partial charge in [0.2, 0.25) is 0 Å². The summed E-state index contributed by atoms with van der Waals surface area (Å²) in [5.41, 5.74) is 1.94. The molecule has 0 radical (unpaired) electrons. The summed E-state index contributed by atoms with van der Waals surface area (Å²) in [6.45, 7) is 0. The van der Waals surface area contributed by atoms with Crippen LogP contribution in [-0.2, 0) is 0 Å². The summed E-state index contributed by atoms with van der Waals surface area (Å²) in [6, 6.07) is 11.8. The van der Waals surface area contributed by atoms with E-state index in [1.54, 1.807) is 6.20 Å². The second kappa shape index (κ2) is 4.91. The molecule has 3 heteroatoms. The predicted molar refractivity (Wildman–Crippen MR) is 61.1 cm³/mol. The molecule has 0 saturated heterocycles. The molecule has 0 amide bonds. The fourth-order valence-electron chi connectivity index (χ4n) is 1.16. The van der Waals surface area contributed by atoms with Crippen LogP contribution < -0.4 is 5.32 Å². The second-order valence-electron chi connectivity index (χ2n) is 2.98. The van der Waals surface area contributed by atoms with Gasteiger partial charge in [-0.05, 0) is 24.3 Å². The van der Waals surface area contributed by atoms with Gasteiger partial charge in [0.15, 0.2) is 0 Å². The standard InChI is InChI=1S/C12H11N3/c1-2-4-11(5-3-1)14-9-7-12-6-8-13-10-15-12/h1-10,14H/b9-7+. The lowest BCUT2D eigenvalue weighted by Crippen LogP contribution is -1.87. The zero-order valence-electron chi connectivity index (χ0n) is 8.17. The number of para-hydroxylation sites is 1. The van der Waals surface area contributed by atoms with E-state index in [-0.39, 0.29) is 0 Å². The van der Waals surface area contributed by atoms with Gasteiger partial charge in [0.25, 0.3) is 0 Å². The molecule has 0 spiro atoms. The normalized spacial score (nSPS) is 10.4. The highest BCUT2D eigenvalue weighted by Gasteiger charge is 1.85. The summed E-state index contributed by atoms with van der Waals surface area (Å²) >= 11 is 0. The predicted octanol–water partition coefficient (Wildman–Crippen LogP) is 2.56. The SMILES string of the molecule is C(=C\c1ccncn1)/Nc1ccccc1. The maximum atomic E-state index is 4.07. The molecule has 15 heavy (non-hydrogen) atoms. The molecule has 74 valence electrons. The first kappa shape index (κ1) is 9.40. The van der Waals surface area contributed by atoms with E-state index < -0.39 is 0 Å². The van der Waals surface area contributed by atoms with Crippen molar-refractivity contribution in [2.45, 2.75) is 0 Å². The number of nitrogens with zero attached hydrogens (tertiary/aromatic N) is 2. The van der Waals surface area contributed by atoms with Crippen LogP contribution >= 0.6 is 0 Å². The molecule has 0 bridgehead atoms. The van der Waals surface area contributed by atoms with Crippen LogP contribution in [0.25, 0.3) is 6.08 Å². The van der Waals surface area contributed by atoms with Crippen molar-refractivity contribution < 1.29 is 0 Å². The van der Waals surface area contributed by atoms with Crippen molar-refractivity contribution in [1.82, 2.24) is 9.97 Å². The fourth-order valence-corrected chi connectivity index (χ4v) is 1.16. The van der Waals surface area contributed by atoms with E-state index in [1.807, 2.05) is 48.7 Å². The van der Waals surface area contributed by atoms with Gasteiger partial charge in [-0.3, -0.25) is 0 Å². The third-order valence-electron chi connectivity index (χ3n) is 1.88. The Morgan fingerprint density at radius 2 is 1.93 bits per heavy atom. The number of rotatable bonds is 3. The number of anilines is 1. The minimum atomic E-state index is 0.883. The van der Waals surface area contributed by atoms with Crippen molar-refractivity contribution in [2.24, 2.45) is 0 Å². The Morgan fingerprint density at radius 1 is 1.07 bits per heavy atom. The lowest BCUT2D eigenvalue weighted by atomic mass is 10.3. The molecule has 0 fully saturated rings. The molecular formula is C12H11N3. The number of hydrogen-bond donors (Lipinski definition) is 1. The van der Waals surface area contributed by atoms with E-state index in [2.05, 4.69) is 15.3 Å². The maximum absolute atomic E-state index is 4.07. The zero-order chi connectivity index (χ0) is 10.3. The largest absolute Gasteiger partial charge is 0.362 e. The molecule has 1 N–H and O–H groups in total. The van der Waals surface area contributed by atoms with E-state index in [4.69, 9.17) is 0 Å². The first-order valence-electron chi connectivity index (χ1n) is 4.69. The molecule has 3 nitrogen and oxygen atoms in total. The molecule has 0 aliphatic heterocycles. The minimum absolute atomic E-state index is 0.883. The molecule has 2 aromatic rings. The zero-order valence-corrected chi connectivity index (χ0v) is 8.17. The number of aromatic nitrogens is 2. The molecule has 0 atom stereocenters. The fraction of sp³-hybridized carbons (Fsp3) is 0. The molecule has 0 aliphatic carbocycles. The van der Waals surface area contributed by atoms with E-state index in [0.717, 1.165) is 11.4 Å². The summed E-state index contributed by atoms with van der Waals surface area (Å²) in [7, 11) is 0. The Bertz CT molecular complexity index is 423. The molecule has 1 heterocycles. The summed E-state index contributed by atoms with van der Waals surface area (Å²) in [5, 5.41) is 3.15. The molecule has 1 aromatic carbocycles. The van der Waals surface area contributed by atoms with Crippen LogP contribution in [-0.4, -0.2) is 9.97 Å². The van der Waals surface area contributed by atoms with Gasteiger partial charge >= 0.3 is 0 Å². The van der Waals surface area contributed by atoms with Gasteiger partial charge in [0, 0.05) is 18.1 Å². The van der Waals surface area contributed by atoms with Crippen LogP contribution in [0.1, 0.15) is 5.69 Å². The molecule has 0 unspecified atom stereocenters. The Hall–Kier alpha value is -2.16. The van der Waals surface area contributed by atoms with Gasteiger partial charge in [-0.2, -0.15) is 0 Å². The second-order valence-corrected chi connectivity index (χ2v) is 2.98. The molecule has 2 rings (SSSR count). The van der Waals surface area contributed by atoms with Gasteiger partial charge in [-0.1, -0.05) is 18.2 Å². The highest BCUT2D eigenvalue weighted by atomic mass is 14.8. The average Bonchev–Trinajstić information content (AvgIpc) is 2.32. The highest BCUT2D eigenvalue weighted by Crippen LogP contribution is 2.05. The van der Waals surface area contributed by atoms with E-state index in [9.17, 15) is 0 Å². The quantitative estimate of drug-likeness (QED) is 0.821. The van der Waals surface area contributed by atoms with Crippen molar-refractivity contribution in [1.29, 1.82) is 0 Å². The monoisotopic (exact) mass is 197 g/mol. The van der Waals surface area contributed by atoms with Crippen molar-refractivity contribution in [2.75, 3.05) is 5.32 Å². The van der Waals surface area contributed by atoms with Gasteiger partial charge < -0.3 is 5.32 Å². The lowest BCUT2D eigenvalue weighted by molar-refractivity contribution is 1.15. The number of benzene rings is 1. The van der Waals surface area contributed by atoms with Gasteiger partial charge in [-0.25, -0.2) is 9.97 Å². The van der Waals surface area contributed by atoms with Crippen LogP contribution in [0, 0.1) is 0 Å². The van der Waals surface area contributed by atoms with Crippen LogP contribution in [0.15, 0.2) is 55.1 Å². The summed E-state index contributed by atoms with van der Waals surface area (Å²) in [5.74, 6) is 0. The third-order valence-corrected chi connectivity index (χ3v) is 1.88. The van der Waals surface area contributed by atoms with Crippen LogP contribution in [0.3, 0.4) is 0 Å². The van der Waals surface area contributed by atoms with E-state index in [1.165, 1.54) is 6.33 Å². The van der Waals surface area contributed by atoms with Crippen molar-refractivity contribution in [3.63, 3.8) is 0 Å². The molecule has 1 aromatic heterocycles. The average molecular weight is 197 g/mol. The van der Waals surface area contributed by atoms with Crippen molar-refractivity contribution in [3.8, 4) is 0 Å². The van der Waals surface area contributed by atoms with Crippen molar-refractivity contribution in [3.05, 3.63) is 60.8 Å². The molecule has 0 saturated carbocycles. The first-order chi connectivity index (χ1) is 7.45. The van der Waals surface area contributed by atoms with E-state index >= 15 is 0 Å². The van der Waals surface area contributed by atoms with Gasteiger partial charge in [0.1, 0.15) is 6.33 Å². The number of nitrogens with one attached hydrogen (secondary N) is 1. The summed E-state index contributed by atoms with van der Waals surface area (Å²) < 4.78 is 0. The minimum Gasteiger partial charge on any atom is -0.362 e. The van der Waals surface area contributed by atoms with Crippen LogP contribution in [0.2, 0.25) is 0 Å². The molecular weight excluding hydrogens is 186 g/mol. The van der Waals surface area contributed by atoms with Crippen LogP contribution in [0.4, 0.5) is 5.69 Å². The lowest BCUT2D eigenvalue weighted by Gasteiger charge is -1.98. The Labute approximate surface area is 88.5 Å². The van der Waals surface area contributed by atoms with E-state index in [0.29, 0.717) is 0 Å². The first-order valence-corrected chi connectivity index (χ1v) is 4.69. The number of hydrogen-bond acceptors (Lipinski definition) is 3.